The molecule has 0 radical (unpaired) electrons. The second-order valence-corrected chi connectivity index (χ2v) is 6.07. The highest BCUT2D eigenvalue weighted by Crippen LogP contribution is 2.22. The van der Waals surface area contributed by atoms with Gasteiger partial charge in [0.2, 0.25) is 0 Å². The van der Waals surface area contributed by atoms with Crippen molar-refractivity contribution in [1.82, 2.24) is 10.3 Å². The number of methoxy groups -OCH3 is 1. The standard InChI is InChI=1S/C16H21FN2OS/c1-12-19-16(11-21-12)9-14(10-18-6-7-20-2)13-4-3-5-15(17)8-13/h3-5,8,11,14,18H,6-7,9-10H2,1-2H3. The zero-order chi connectivity index (χ0) is 15.1. The van der Waals surface area contributed by atoms with E-state index in [1.165, 1.54) is 6.07 Å². The number of hydrogen-bond acceptors (Lipinski definition) is 4. The van der Waals surface area contributed by atoms with Crippen LogP contribution >= 0.6 is 11.3 Å². The Hall–Kier alpha value is -1.30. The summed E-state index contributed by atoms with van der Waals surface area (Å²) >= 11 is 1.65. The third-order valence-electron chi connectivity index (χ3n) is 3.32. The quantitative estimate of drug-likeness (QED) is 0.761. The predicted molar refractivity (Wildman–Crippen MR) is 84.4 cm³/mol. The van der Waals surface area contributed by atoms with Gasteiger partial charge in [-0.1, -0.05) is 12.1 Å². The number of halogens is 1. The molecular formula is C16H21FN2OS. The van der Waals surface area contributed by atoms with Gasteiger partial charge < -0.3 is 10.1 Å². The van der Waals surface area contributed by atoms with Crippen molar-refractivity contribution in [3.05, 3.63) is 51.7 Å². The number of rotatable bonds is 8. The van der Waals surface area contributed by atoms with Crippen LogP contribution in [0, 0.1) is 12.7 Å². The molecule has 3 nitrogen and oxygen atoms in total. The summed E-state index contributed by atoms with van der Waals surface area (Å²) in [5, 5.41) is 6.50. The van der Waals surface area contributed by atoms with Gasteiger partial charge in [-0.05, 0) is 31.0 Å². The van der Waals surface area contributed by atoms with Crippen LogP contribution in [0.4, 0.5) is 4.39 Å². The van der Waals surface area contributed by atoms with Crippen LogP contribution in [-0.2, 0) is 11.2 Å². The zero-order valence-corrected chi connectivity index (χ0v) is 13.3. The molecular weight excluding hydrogens is 287 g/mol. The minimum atomic E-state index is -0.191. The fourth-order valence-corrected chi connectivity index (χ4v) is 2.90. The molecule has 0 saturated heterocycles. The molecule has 0 aliphatic carbocycles. The first kappa shape index (κ1) is 16.1. The number of nitrogens with zero attached hydrogens (tertiary/aromatic N) is 1. The molecule has 0 aliphatic heterocycles. The number of hydrogen-bond donors (Lipinski definition) is 1. The van der Waals surface area contributed by atoms with E-state index in [4.69, 9.17) is 4.74 Å². The van der Waals surface area contributed by atoms with Crippen LogP contribution < -0.4 is 5.32 Å². The average molecular weight is 308 g/mol. The van der Waals surface area contributed by atoms with Crippen LogP contribution in [0.2, 0.25) is 0 Å². The Morgan fingerprint density at radius 3 is 2.95 bits per heavy atom. The minimum absolute atomic E-state index is 0.191. The highest BCUT2D eigenvalue weighted by atomic mass is 32.1. The second-order valence-electron chi connectivity index (χ2n) is 5.01. The Balaban J connectivity index is 2.06. The van der Waals surface area contributed by atoms with Gasteiger partial charge in [0, 0.05) is 31.5 Å². The lowest BCUT2D eigenvalue weighted by atomic mass is 9.94. The molecule has 1 N–H and O–H groups in total. The first-order valence-electron chi connectivity index (χ1n) is 7.05. The first-order valence-corrected chi connectivity index (χ1v) is 7.93. The maximum absolute atomic E-state index is 13.5. The topological polar surface area (TPSA) is 34.1 Å². The molecule has 1 unspecified atom stereocenters. The fraction of sp³-hybridized carbons (Fsp3) is 0.438. The number of thiazole rings is 1. The van der Waals surface area contributed by atoms with Crippen LogP contribution in [0.3, 0.4) is 0 Å². The van der Waals surface area contributed by atoms with Gasteiger partial charge in [0.15, 0.2) is 0 Å². The maximum Gasteiger partial charge on any atom is 0.123 e. The van der Waals surface area contributed by atoms with E-state index >= 15 is 0 Å². The second kappa shape index (κ2) is 8.22. The summed E-state index contributed by atoms with van der Waals surface area (Å²) < 4.78 is 18.5. The van der Waals surface area contributed by atoms with Crippen molar-refractivity contribution < 1.29 is 9.13 Å². The van der Waals surface area contributed by atoms with E-state index in [0.717, 1.165) is 35.8 Å². The molecule has 1 heterocycles. The third kappa shape index (κ3) is 5.19. The lowest BCUT2D eigenvalue weighted by molar-refractivity contribution is 0.199. The normalized spacial score (nSPS) is 12.5. The van der Waals surface area contributed by atoms with Crippen LogP contribution in [0.5, 0.6) is 0 Å². The van der Waals surface area contributed by atoms with E-state index < -0.39 is 0 Å². The Bertz CT molecular complexity index is 559. The van der Waals surface area contributed by atoms with E-state index in [9.17, 15) is 4.39 Å². The molecule has 0 bridgehead atoms. The number of aryl methyl sites for hydroxylation is 1. The molecule has 1 aromatic heterocycles. The summed E-state index contributed by atoms with van der Waals surface area (Å²) in [4.78, 5) is 4.52. The van der Waals surface area contributed by atoms with Crippen molar-refractivity contribution in [2.24, 2.45) is 0 Å². The summed E-state index contributed by atoms with van der Waals surface area (Å²) in [7, 11) is 1.68. The van der Waals surface area contributed by atoms with Gasteiger partial charge >= 0.3 is 0 Å². The molecule has 21 heavy (non-hydrogen) atoms. The highest BCUT2D eigenvalue weighted by Gasteiger charge is 2.14. The minimum Gasteiger partial charge on any atom is -0.383 e. The molecule has 5 heteroatoms. The average Bonchev–Trinajstić information content (AvgIpc) is 2.87. The smallest absolute Gasteiger partial charge is 0.123 e. The molecule has 0 fully saturated rings. The summed E-state index contributed by atoms with van der Waals surface area (Å²) in [5.41, 5.74) is 2.07. The number of aromatic nitrogens is 1. The van der Waals surface area contributed by atoms with E-state index in [1.54, 1.807) is 30.6 Å². The number of benzene rings is 1. The third-order valence-corrected chi connectivity index (χ3v) is 4.14. The van der Waals surface area contributed by atoms with Crippen LogP contribution in [-0.4, -0.2) is 31.8 Å². The lowest BCUT2D eigenvalue weighted by Crippen LogP contribution is -2.26. The molecule has 0 amide bonds. The zero-order valence-electron chi connectivity index (χ0n) is 12.4. The van der Waals surface area contributed by atoms with Gasteiger partial charge in [-0.2, -0.15) is 0 Å². The summed E-state index contributed by atoms with van der Waals surface area (Å²) in [6, 6.07) is 6.83. The van der Waals surface area contributed by atoms with Crippen molar-refractivity contribution >= 4 is 11.3 Å². The Morgan fingerprint density at radius 2 is 2.29 bits per heavy atom. The van der Waals surface area contributed by atoms with E-state index in [0.29, 0.717) is 6.61 Å². The fourth-order valence-electron chi connectivity index (χ4n) is 2.27. The molecule has 0 aliphatic rings. The Morgan fingerprint density at radius 1 is 1.43 bits per heavy atom. The SMILES string of the molecule is COCCNCC(Cc1csc(C)n1)c1cccc(F)c1. The Kier molecular flexibility index (Phi) is 6.29. The summed E-state index contributed by atoms with van der Waals surface area (Å²) in [6.45, 7) is 4.25. The van der Waals surface area contributed by atoms with Crippen LogP contribution in [0.1, 0.15) is 22.2 Å². The predicted octanol–water partition coefficient (Wildman–Crippen LogP) is 3.15. The van der Waals surface area contributed by atoms with Crippen molar-refractivity contribution in [3.8, 4) is 0 Å². The maximum atomic E-state index is 13.5. The summed E-state index contributed by atoms with van der Waals surface area (Å²) in [5.74, 6) is 0.0166. The van der Waals surface area contributed by atoms with Gasteiger partial charge in [0.25, 0.3) is 0 Å². The monoisotopic (exact) mass is 308 g/mol. The Labute approximate surface area is 129 Å². The van der Waals surface area contributed by atoms with E-state index in [-0.39, 0.29) is 11.7 Å². The van der Waals surface area contributed by atoms with Gasteiger partial charge in [0.1, 0.15) is 5.82 Å². The van der Waals surface area contributed by atoms with Crippen molar-refractivity contribution in [2.45, 2.75) is 19.3 Å². The molecule has 2 rings (SSSR count). The van der Waals surface area contributed by atoms with Gasteiger partial charge in [-0.25, -0.2) is 9.37 Å². The van der Waals surface area contributed by atoms with E-state index in [2.05, 4.69) is 15.7 Å². The van der Waals surface area contributed by atoms with Crippen molar-refractivity contribution in [3.63, 3.8) is 0 Å². The summed E-state index contributed by atoms with van der Waals surface area (Å²) in [6.07, 6.45) is 0.813. The van der Waals surface area contributed by atoms with Crippen LogP contribution in [0.15, 0.2) is 29.6 Å². The van der Waals surface area contributed by atoms with Crippen molar-refractivity contribution in [1.29, 1.82) is 0 Å². The number of ether oxygens (including phenoxy) is 1. The lowest BCUT2D eigenvalue weighted by Gasteiger charge is -2.17. The highest BCUT2D eigenvalue weighted by molar-refractivity contribution is 7.09. The molecule has 114 valence electrons. The molecule has 0 spiro atoms. The van der Waals surface area contributed by atoms with Gasteiger partial charge in [-0.15, -0.1) is 11.3 Å². The molecule has 1 atom stereocenters. The first-order chi connectivity index (χ1) is 10.2. The number of nitrogens with one attached hydrogen (secondary N) is 1. The van der Waals surface area contributed by atoms with Gasteiger partial charge in [-0.3, -0.25) is 0 Å². The van der Waals surface area contributed by atoms with E-state index in [1.807, 2.05) is 13.0 Å². The molecule has 0 saturated carbocycles. The largest absolute Gasteiger partial charge is 0.383 e. The molecule has 1 aromatic carbocycles. The van der Waals surface area contributed by atoms with Crippen LogP contribution in [0.25, 0.3) is 0 Å². The molecule has 2 aromatic rings. The van der Waals surface area contributed by atoms with Crippen molar-refractivity contribution in [2.75, 3.05) is 26.8 Å². The van der Waals surface area contributed by atoms with Gasteiger partial charge in [0.05, 0.1) is 17.3 Å².